The van der Waals surface area contributed by atoms with E-state index in [4.69, 9.17) is 9.84 Å². The molecular weight excluding hydrogens is 204 g/mol. The summed E-state index contributed by atoms with van der Waals surface area (Å²) in [6.07, 6.45) is 4.41. The zero-order valence-electron chi connectivity index (χ0n) is 10.3. The molecule has 92 valence electrons. The Morgan fingerprint density at radius 3 is 2.69 bits per heavy atom. The van der Waals surface area contributed by atoms with Crippen LogP contribution in [-0.2, 0) is 4.74 Å². The zero-order valence-corrected chi connectivity index (χ0v) is 10.3. The van der Waals surface area contributed by atoms with Crippen molar-refractivity contribution in [1.82, 2.24) is 0 Å². The maximum absolute atomic E-state index is 9.18. The number of aliphatic hydroxyl groups is 2. The molecule has 16 heavy (non-hydrogen) atoms. The molecule has 3 heteroatoms. The number of allylic oxidation sites excluding steroid dienone is 2. The van der Waals surface area contributed by atoms with Crippen LogP contribution in [0, 0.1) is 5.92 Å². The van der Waals surface area contributed by atoms with Crippen molar-refractivity contribution in [2.45, 2.75) is 39.4 Å². The van der Waals surface area contributed by atoms with E-state index in [0.717, 1.165) is 6.42 Å². The minimum absolute atomic E-state index is 0.0312. The van der Waals surface area contributed by atoms with Crippen LogP contribution in [0.1, 0.15) is 27.2 Å². The quantitative estimate of drug-likeness (QED) is 0.749. The first-order chi connectivity index (χ1) is 7.54. The second kappa shape index (κ2) is 6.18. The van der Waals surface area contributed by atoms with E-state index in [9.17, 15) is 5.11 Å². The normalized spacial score (nSPS) is 23.0. The molecule has 0 spiro atoms. The molecule has 0 aliphatic heterocycles. The average molecular weight is 226 g/mol. The molecule has 0 radical (unpaired) electrons. The van der Waals surface area contributed by atoms with Gasteiger partial charge in [-0.3, -0.25) is 0 Å². The van der Waals surface area contributed by atoms with E-state index in [2.05, 4.69) is 32.9 Å². The van der Waals surface area contributed by atoms with Gasteiger partial charge in [-0.25, -0.2) is 0 Å². The van der Waals surface area contributed by atoms with Crippen molar-refractivity contribution in [3.8, 4) is 0 Å². The molecule has 2 atom stereocenters. The van der Waals surface area contributed by atoms with E-state index in [1.54, 1.807) is 0 Å². The number of hydrogen-bond donors (Lipinski definition) is 2. The lowest BCUT2D eigenvalue weighted by atomic mass is 9.90. The summed E-state index contributed by atoms with van der Waals surface area (Å²) >= 11 is 0. The SMILES string of the molecule is CC1=CC(OCC(O)CO)CC=C1C(C)C. The van der Waals surface area contributed by atoms with Gasteiger partial charge in [0.2, 0.25) is 0 Å². The van der Waals surface area contributed by atoms with Crippen LogP contribution >= 0.6 is 0 Å². The van der Waals surface area contributed by atoms with Gasteiger partial charge in [0, 0.05) is 0 Å². The molecule has 3 nitrogen and oxygen atoms in total. The highest BCUT2D eigenvalue weighted by molar-refractivity contribution is 5.34. The van der Waals surface area contributed by atoms with Crippen LogP contribution in [0.4, 0.5) is 0 Å². The van der Waals surface area contributed by atoms with E-state index in [0.29, 0.717) is 5.92 Å². The fourth-order valence-electron chi connectivity index (χ4n) is 1.94. The topological polar surface area (TPSA) is 49.7 Å². The summed E-state index contributed by atoms with van der Waals surface area (Å²) in [6, 6.07) is 0. The van der Waals surface area contributed by atoms with Crippen LogP contribution in [-0.4, -0.2) is 35.6 Å². The van der Waals surface area contributed by atoms with Gasteiger partial charge in [0.25, 0.3) is 0 Å². The van der Waals surface area contributed by atoms with E-state index in [1.165, 1.54) is 11.1 Å². The van der Waals surface area contributed by atoms with E-state index in [-0.39, 0.29) is 19.3 Å². The van der Waals surface area contributed by atoms with Gasteiger partial charge in [-0.15, -0.1) is 0 Å². The molecule has 0 fully saturated rings. The van der Waals surface area contributed by atoms with Crippen LogP contribution in [0.25, 0.3) is 0 Å². The van der Waals surface area contributed by atoms with Gasteiger partial charge in [-0.1, -0.05) is 26.0 Å². The molecule has 0 aromatic heterocycles. The summed E-state index contributed by atoms with van der Waals surface area (Å²) < 4.78 is 5.50. The molecule has 1 aliphatic carbocycles. The maximum Gasteiger partial charge on any atom is 0.100 e. The van der Waals surface area contributed by atoms with E-state index in [1.807, 2.05) is 0 Å². The predicted molar refractivity (Wildman–Crippen MR) is 64.1 cm³/mol. The number of aliphatic hydroxyl groups excluding tert-OH is 2. The number of rotatable bonds is 5. The Balaban J connectivity index is 2.46. The van der Waals surface area contributed by atoms with Crippen LogP contribution in [0.3, 0.4) is 0 Å². The molecule has 0 aromatic carbocycles. The van der Waals surface area contributed by atoms with Crippen molar-refractivity contribution < 1.29 is 14.9 Å². The first-order valence-corrected chi connectivity index (χ1v) is 5.84. The van der Waals surface area contributed by atoms with Gasteiger partial charge in [-0.05, 0) is 30.4 Å². The Morgan fingerprint density at radius 1 is 1.50 bits per heavy atom. The lowest BCUT2D eigenvalue weighted by molar-refractivity contribution is -0.0134. The van der Waals surface area contributed by atoms with Gasteiger partial charge in [0.05, 0.1) is 19.3 Å². The molecule has 0 saturated carbocycles. The van der Waals surface area contributed by atoms with E-state index < -0.39 is 6.10 Å². The Hall–Kier alpha value is -0.640. The molecule has 0 heterocycles. The first kappa shape index (κ1) is 13.4. The molecule has 2 unspecified atom stereocenters. The molecule has 0 aromatic rings. The molecule has 1 aliphatic rings. The highest BCUT2D eigenvalue weighted by Gasteiger charge is 2.16. The fourth-order valence-corrected chi connectivity index (χ4v) is 1.94. The predicted octanol–water partition coefficient (Wildman–Crippen LogP) is 1.66. The zero-order chi connectivity index (χ0) is 12.1. The molecule has 0 amide bonds. The van der Waals surface area contributed by atoms with Gasteiger partial charge in [-0.2, -0.15) is 0 Å². The van der Waals surface area contributed by atoms with Gasteiger partial charge in [0.1, 0.15) is 6.10 Å². The largest absolute Gasteiger partial charge is 0.394 e. The van der Waals surface area contributed by atoms with Crippen molar-refractivity contribution in [2.75, 3.05) is 13.2 Å². The van der Waals surface area contributed by atoms with Crippen molar-refractivity contribution in [2.24, 2.45) is 5.92 Å². The Labute approximate surface area is 97.4 Å². The van der Waals surface area contributed by atoms with Crippen molar-refractivity contribution in [1.29, 1.82) is 0 Å². The molecule has 2 N–H and O–H groups in total. The first-order valence-electron chi connectivity index (χ1n) is 5.84. The van der Waals surface area contributed by atoms with Crippen LogP contribution in [0.2, 0.25) is 0 Å². The monoisotopic (exact) mass is 226 g/mol. The Morgan fingerprint density at radius 2 is 2.19 bits per heavy atom. The highest BCUT2D eigenvalue weighted by Crippen LogP contribution is 2.26. The van der Waals surface area contributed by atoms with Gasteiger partial charge >= 0.3 is 0 Å². The Bertz CT molecular complexity index is 279. The third-order valence-electron chi connectivity index (χ3n) is 2.80. The van der Waals surface area contributed by atoms with Crippen LogP contribution in [0.15, 0.2) is 23.3 Å². The molecule has 0 saturated heterocycles. The smallest absolute Gasteiger partial charge is 0.100 e. The summed E-state index contributed by atoms with van der Waals surface area (Å²) in [5.74, 6) is 0.542. The summed E-state index contributed by atoms with van der Waals surface area (Å²) in [6.45, 7) is 6.39. The minimum atomic E-state index is -0.774. The maximum atomic E-state index is 9.18. The number of ether oxygens (including phenoxy) is 1. The van der Waals surface area contributed by atoms with Crippen molar-refractivity contribution in [3.05, 3.63) is 23.3 Å². The molecular formula is C13H22O3. The second-order valence-corrected chi connectivity index (χ2v) is 4.61. The van der Waals surface area contributed by atoms with Crippen molar-refractivity contribution >= 4 is 0 Å². The summed E-state index contributed by atoms with van der Waals surface area (Å²) in [5, 5.41) is 17.9. The molecule has 1 rings (SSSR count). The number of hydrogen-bond acceptors (Lipinski definition) is 3. The third-order valence-corrected chi connectivity index (χ3v) is 2.80. The van der Waals surface area contributed by atoms with Crippen molar-refractivity contribution in [3.63, 3.8) is 0 Å². The van der Waals surface area contributed by atoms with Gasteiger partial charge in [0.15, 0.2) is 0 Å². The minimum Gasteiger partial charge on any atom is -0.394 e. The summed E-state index contributed by atoms with van der Waals surface area (Å²) in [4.78, 5) is 0. The lowest BCUT2D eigenvalue weighted by Crippen LogP contribution is -2.24. The van der Waals surface area contributed by atoms with Crippen LogP contribution < -0.4 is 0 Å². The fraction of sp³-hybridized carbons (Fsp3) is 0.692. The molecule has 0 bridgehead atoms. The van der Waals surface area contributed by atoms with Crippen LogP contribution in [0.5, 0.6) is 0 Å². The second-order valence-electron chi connectivity index (χ2n) is 4.61. The highest BCUT2D eigenvalue weighted by atomic mass is 16.5. The van der Waals surface area contributed by atoms with Gasteiger partial charge < -0.3 is 14.9 Å². The summed E-state index contributed by atoms with van der Waals surface area (Å²) in [5.41, 5.74) is 2.63. The standard InChI is InChI=1S/C13H22O3/c1-9(2)13-5-4-12(6-10(13)3)16-8-11(15)7-14/h5-6,9,11-12,14-15H,4,7-8H2,1-3H3. The van der Waals surface area contributed by atoms with E-state index >= 15 is 0 Å². The average Bonchev–Trinajstić information content (AvgIpc) is 2.25. The Kier molecular flexibility index (Phi) is 5.19. The lowest BCUT2D eigenvalue weighted by Gasteiger charge is -2.23. The summed E-state index contributed by atoms with van der Waals surface area (Å²) in [7, 11) is 0. The third kappa shape index (κ3) is 3.74.